The Labute approximate surface area is 233 Å². The molecule has 6 nitrogen and oxygen atoms in total. The lowest BCUT2D eigenvalue weighted by Crippen LogP contribution is -2.26. The first kappa shape index (κ1) is 26.9. The van der Waals surface area contributed by atoms with E-state index in [1.807, 2.05) is 53.9 Å². The fourth-order valence-electron chi connectivity index (χ4n) is 3.61. The zero-order valence-electron chi connectivity index (χ0n) is 19.5. The highest BCUT2D eigenvalue weighted by Gasteiger charge is 2.16. The number of carboxylic acid groups (broad SMARTS) is 1. The van der Waals surface area contributed by atoms with Crippen molar-refractivity contribution in [3.63, 3.8) is 0 Å². The molecule has 0 bridgehead atoms. The van der Waals surface area contributed by atoms with Crippen LogP contribution in [0.1, 0.15) is 27.9 Å². The van der Waals surface area contributed by atoms with Crippen LogP contribution < -0.4 is 10.2 Å². The van der Waals surface area contributed by atoms with Crippen molar-refractivity contribution >= 4 is 63.1 Å². The summed E-state index contributed by atoms with van der Waals surface area (Å²) in [6.07, 6.45) is -0.127. The van der Waals surface area contributed by atoms with Crippen LogP contribution in [-0.2, 0) is 17.9 Å². The van der Waals surface area contributed by atoms with Gasteiger partial charge < -0.3 is 15.3 Å². The van der Waals surface area contributed by atoms with Crippen molar-refractivity contribution < 1.29 is 14.7 Å². The molecule has 0 unspecified atom stereocenters. The first-order valence-corrected chi connectivity index (χ1v) is 13.3. The van der Waals surface area contributed by atoms with Gasteiger partial charge in [0.05, 0.1) is 22.2 Å². The minimum Gasteiger partial charge on any atom is -0.481 e. The number of amides is 1. The van der Waals surface area contributed by atoms with Crippen LogP contribution in [-0.4, -0.2) is 28.5 Å². The number of aliphatic carboxylic acids is 1. The molecule has 4 rings (SSSR count). The molecule has 0 aliphatic heterocycles. The molecule has 10 heteroatoms. The van der Waals surface area contributed by atoms with Gasteiger partial charge in [0.2, 0.25) is 0 Å². The second kappa shape index (κ2) is 12.4. The van der Waals surface area contributed by atoms with Gasteiger partial charge in [0.15, 0.2) is 5.13 Å². The number of benzene rings is 3. The molecule has 0 saturated heterocycles. The summed E-state index contributed by atoms with van der Waals surface area (Å²) in [5.41, 5.74) is 4.17. The third-order valence-corrected chi connectivity index (χ3v) is 7.33. The molecule has 0 aliphatic carbocycles. The largest absolute Gasteiger partial charge is 0.481 e. The minimum atomic E-state index is -0.960. The predicted octanol–water partition coefficient (Wildman–Crippen LogP) is 7.18. The van der Waals surface area contributed by atoms with Crippen molar-refractivity contribution in [3.8, 4) is 11.3 Å². The number of thiazole rings is 1. The molecule has 0 saturated carbocycles. The van der Waals surface area contributed by atoms with Crippen LogP contribution in [0.3, 0.4) is 0 Å². The molecule has 37 heavy (non-hydrogen) atoms. The Hall–Kier alpha value is -3.10. The summed E-state index contributed by atoms with van der Waals surface area (Å²) in [5, 5.41) is 15.8. The van der Waals surface area contributed by atoms with Crippen LogP contribution in [0.15, 0.2) is 72.1 Å². The molecule has 0 radical (unpaired) electrons. The molecule has 0 aliphatic rings. The molecule has 0 fully saturated rings. The smallest absolute Gasteiger partial charge is 0.305 e. The fourth-order valence-corrected chi connectivity index (χ4v) is 4.95. The molecule has 1 amide bonds. The standard InChI is InChI=1S/C27H22Cl3N3O3S/c28-21-3-1-2-20(13-21)24-16-37-27(32-24)33(15-18-6-9-22(29)23(30)12-18)14-17-4-7-19(8-5-17)26(36)31-11-10-25(34)35/h1-9,12-13,16H,10-11,14-15H2,(H,31,36)(H,34,35). The van der Waals surface area contributed by atoms with Gasteiger partial charge in [-0.1, -0.05) is 65.1 Å². The molecule has 4 aromatic rings. The lowest BCUT2D eigenvalue weighted by molar-refractivity contribution is -0.136. The second-order valence-electron chi connectivity index (χ2n) is 8.23. The number of hydrogen-bond donors (Lipinski definition) is 2. The van der Waals surface area contributed by atoms with E-state index in [-0.39, 0.29) is 18.9 Å². The van der Waals surface area contributed by atoms with Crippen molar-refractivity contribution in [1.82, 2.24) is 10.3 Å². The summed E-state index contributed by atoms with van der Waals surface area (Å²) < 4.78 is 0. The molecular weight excluding hydrogens is 553 g/mol. The molecule has 3 aromatic carbocycles. The summed E-state index contributed by atoms with van der Waals surface area (Å²) in [6.45, 7) is 1.15. The van der Waals surface area contributed by atoms with Crippen LogP contribution in [0, 0.1) is 0 Å². The molecule has 0 atom stereocenters. The number of rotatable bonds is 10. The molecule has 0 spiro atoms. The third kappa shape index (κ3) is 7.46. The van der Waals surface area contributed by atoms with Gasteiger partial charge in [-0.3, -0.25) is 9.59 Å². The number of hydrogen-bond acceptors (Lipinski definition) is 5. The van der Waals surface area contributed by atoms with E-state index >= 15 is 0 Å². The van der Waals surface area contributed by atoms with E-state index < -0.39 is 5.97 Å². The van der Waals surface area contributed by atoms with E-state index in [1.54, 1.807) is 18.2 Å². The Morgan fingerprint density at radius 3 is 2.35 bits per heavy atom. The Morgan fingerprint density at radius 2 is 1.65 bits per heavy atom. The van der Waals surface area contributed by atoms with Gasteiger partial charge in [-0.2, -0.15) is 0 Å². The maximum atomic E-state index is 12.3. The van der Waals surface area contributed by atoms with E-state index in [4.69, 9.17) is 44.9 Å². The van der Waals surface area contributed by atoms with Crippen LogP contribution >= 0.6 is 46.1 Å². The van der Waals surface area contributed by atoms with Gasteiger partial charge in [-0.25, -0.2) is 4.98 Å². The minimum absolute atomic E-state index is 0.0757. The Balaban J connectivity index is 1.55. The number of carbonyl (C=O) groups is 2. The van der Waals surface area contributed by atoms with Gasteiger partial charge in [-0.15, -0.1) is 11.3 Å². The quantitative estimate of drug-likeness (QED) is 0.210. The first-order valence-electron chi connectivity index (χ1n) is 11.3. The van der Waals surface area contributed by atoms with Crippen molar-refractivity contribution in [2.75, 3.05) is 11.4 Å². The fraction of sp³-hybridized carbons (Fsp3) is 0.148. The average Bonchev–Trinajstić information content (AvgIpc) is 3.36. The van der Waals surface area contributed by atoms with Crippen LogP contribution in [0.2, 0.25) is 15.1 Å². The summed E-state index contributed by atoms with van der Waals surface area (Å²) in [4.78, 5) is 29.9. The van der Waals surface area contributed by atoms with Crippen LogP contribution in [0.4, 0.5) is 5.13 Å². The van der Waals surface area contributed by atoms with E-state index in [1.165, 1.54) is 11.3 Å². The van der Waals surface area contributed by atoms with Gasteiger partial charge in [-0.05, 0) is 47.5 Å². The molecule has 190 valence electrons. The summed E-state index contributed by atoms with van der Waals surface area (Å²) >= 11 is 20.1. The Morgan fingerprint density at radius 1 is 0.919 bits per heavy atom. The molecule has 1 heterocycles. The summed E-state index contributed by atoms with van der Waals surface area (Å²) in [5.74, 6) is -1.27. The van der Waals surface area contributed by atoms with Crippen molar-refractivity contribution in [1.29, 1.82) is 0 Å². The summed E-state index contributed by atoms with van der Waals surface area (Å²) in [6, 6.07) is 20.3. The number of anilines is 1. The zero-order valence-corrected chi connectivity index (χ0v) is 22.5. The third-order valence-electron chi connectivity index (χ3n) is 5.45. The SMILES string of the molecule is O=C(O)CCNC(=O)c1ccc(CN(Cc2ccc(Cl)c(Cl)c2)c2nc(-c3cccc(Cl)c3)cs2)cc1. The molecular formula is C27H22Cl3N3O3S. The number of nitrogens with zero attached hydrogens (tertiary/aromatic N) is 2. The highest BCUT2D eigenvalue weighted by atomic mass is 35.5. The summed E-state index contributed by atoms with van der Waals surface area (Å²) in [7, 11) is 0. The van der Waals surface area contributed by atoms with Crippen LogP contribution in [0.25, 0.3) is 11.3 Å². The maximum Gasteiger partial charge on any atom is 0.305 e. The van der Waals surface area contributed by atoms with Crippen molar-refractivity contribution in [3.05, 3.63) is 104 Å². The molecule has 1 aromatic heterocycles. The molecule has 2 N–H and O–H groups in total. The van der Waals surface area contributed by atoms with Crippen molar-refractivity contribution in [2.24, 2.45) is 0 Å². The number of carbonyl (C=O) groups excluding carboxylic acids is 1. The maximum absolute atomic E-state index is 12.3. The van der Waals surface area contributed by atoms with Gasteiger partial charge in [0, 0.05) is 41.2 Å². The van der Waals surface area contributed by atoms with E-state index in [0.717, 1.165) is 27.5 Å². The number of nitrogens with one attached hydrogen (secondary N) is 1. The van der Waals surface area contributed by atoms with Crippen molar-refractivity contribution in [2.45, 2.75) is 19.5 Å². The van der Waals surface area contributed by atoms with Crippen LogP contribution in [0.5, 0.6) is 0 Å². The average molecular weight is 575 g/mol. The highest BCUT2D eigenvalue weighted by Crippen LogP contribution is 2.31. The number of carboxylic acids is 1. The Bertz CT molecular complexity index is 1410. The lowest BCUT2D eigenvalue weighted by Gasteiger charge is -2.22. The van der Waals surface area contributed by atoms with E-state index in [0.29, 0.717) is 33.7 Å². The zero-order chi connectivity index (χ0) is 26.4. The van der Waals surface area contributed by atoms with E-state index in [9.17, 15) is 9.59 Å². The monoisotopic (exact) mass is 573 g/mol. The highest BCUT2D eigenvalue weighted by molar-refractivity contribution is 7.14. The second-order valence-corrected chi connectivity index (χ2v) is 10.3. The number of aromatic nitrogens is 1. The van der Waals surface area contributed by atoms with Gasteiger partial charge >= 0.3 is 5.97 Å². The lowest BCUT2D eigenvalue weighted by atomic mass is 10.1. The van der Waals surface area contributed by atoms with Gasteiger partial charge in [0.1, 0.15) is 0 Å². The van der Waals surface area contributed by atoms with E-state index in [2.05, 4.69) is 10.2 Å². The normalized spacial score (nSPS) is 10.8. The first-order chi connectivity index (χ1) is 17.8. The topological polar surface area (TPSA) is 82.5 Å². The Kier molecular flexibility index (Phi) is 9.05. The predicted molar refractivity (Wildman–Crippen MR) is 150 cm³/mol. The number of halogens is 3. The van der Waals surface area contributed by atoms with Gasteiger partial charge in [0.25, 0.3) is 5.91 Å².